The third-order valence-electron chi connectivity index (χ3n) is 11.3. The van der Waals surface area contributed by atoms with Crippen molar-refractivity contribution >= 4 is 25.7 Å². The Morgan fingerprint density at radius 2 is 0.743 bits per heavy atom. The summed E-state index contributed by atoms with van der Waals surface area (Å²) in [7, 11) is -4.76. The van der Waals surface area contributed by atoms with E-state index in [0.29, 0.717) is 19.3 Å². The normalized spacial score (nSPS) is 14.1. The molecule has 0 heterocycles. The van der Waals surface area contributed by atoms with Gasteiger partial charge in [-0.2, -0.15) is 0 Å². The van der Waals surface area contributed by atoms with E-state index in [0.717, 1.165) is 135 Å². The summed E-state index contributed by atoms with van der Waals surface area (Å²) in [6.07, 6.45) is 58.3. The molecule has 0 aromatic rings. The Morgan fingerprint density at radius 3 is 1.17 bits per heavy atom. The summed E-state index contributed by atoms with van der Waals surface area (Å²) >= 11 is 0. The van der Waals surface area contributed by atoms with E-state index in [9.17, 15) is 28.9 Å². The van der Waals surface area contributed by atoms with Crippen LogP contribution in [0.2, 0.25) is 0 Å². The number of aliphatic hydroxyl groups excluding tert-OH is 1. The van der Waals surface area contributed by atoms with Crippen LogP contribution >= 0.6 is 7.82 Å². The molecule has 0 aliphatic rings. The average Bonchev–Trinajstić information content (AvgIpc) is 3.35. The molecule has 12 heteroatoms. The topological polar surface area (TPSA) is 155 Å². The van der Waals surface area contributed by atoms with E-state index in [4.69, 9.17) is 23.3 Å². The summed E-state index contributed by atoms with van der Waals surface area (Å²) in [6, 6.07) is 0. The van der Waals surface area contributed by atoms with Gasteiger partial charge in [0.2, 0.25) is 0 Å². The lowest BCUT2D eigenvalue weighted by Crippen LogP contribution is -2.30. The van der Waals surface area contributed by atoms with Crippen LogP contribution < -0.4 is 0 Å². The van der Waals surface area contributed by atoms with Crippen molar-refractivity contribution in [3.8, 4) is 0 Å². The van der Waals surface area contributed by atoms with Crippen molar-refractivity contribution in [1.29, 1.82) is 0 Å². The van der Waals surface area contributed by atoms with E-state index >= 15 is 0 Å². The van der Waals surface area contributed by atoms with Crippen LogP contribution in [0.1, 0.15) is 226 Å². The van der Waals surface area contributed by atoms with Gasteiger partial charge in [-0.25, -0.2) is 4.57 Å². The van der Waals surface area contributed by atoms with E-state index in [1.165, 1.54) is 32.1 Å². The highest BCUT2D eigenvalue weighted by Crippen LogP contribution is 2.43. The summed E-state index contributed by atoms with van der Waals surface area (Å²) < 4.78 is 39.4. The number of carbonyl (C=O) groups is 3. The molecule has 0 aliphatic carbocycles. The number of phosphoric ester groups is 1. The van der Waals surface area contributed by atoms with Gasteiger partial charge in [0.1, 0.15) is 12.7 Å². The van der Waals surface area contributed by atoms with Gasteiger partial charge < -0.3 is 24.2 Å². The van der Waals surface area contributed by atoms with Gasteiger partial charge in [0.15, 0.2) is 6.10 Å². The first-order valence-electron chi connectivity index (χ1n) is 27.5. The van der Waals surface area contributed by atoms with Gasteiger partial charge in [-0.1, -0.05) is 183 Å². The Bertz CT molecular complexity index is 1500. The molecular formula is C58H99O11P. The molecule has 11 nitrogen and oxygen atoms in total. The van der Waals surface area contributed by atoms with Crippen molar-refractivity contribution in [3.05, 3.63) is 85.1 Å². The van der Waals surface area contributed by atoms with E-state index in [-0.39, 0.29) is 25.9 Å². The maximum Gasteiger partial charge on any atom is 0.472 e. The zero-order chi connectivity index (χ0) is 51.3. The molecule has 0 bridgehead atoms. The van der Waals surface area contributed by atoms with Crippen molar-refractivity contribution in [2.45, 2.75) is 238 Å². The number of ether oxygens (including phenoxy) is 3. The molecule has 0 fully saturated rings. The number of aliphatic hydroxyl groups is 1. The van der Waals surface area contributed by atoms with Crippen LogP contribution in [0, 0.1) is 0 Å². The van der Waals surface area contributed by atoms with Crippen LogP contribution in [0.5, 0.6) is 0 Å². The first-order valence-corrected chi connectivity index (χ1v) is 29.0. The molecule has 402 valence electrons. The molecule has 0 amide bonds. The number of hydrogen-bond donors (Lipinski definition) is 2. The molecule has 0 aliphatic heterocycles. The summed E-state index contributed by atoms with van der Waals surface area (Å²) in [5.74, 6) is -1.52. The molecule has 3 atom stereocenters. The number of carbonyl (C=O) groups excluding carboxylic acids is 3. The van der Waals surface area contributed by atoms with Crippen molar-refractivity contribution in [1.82, 2.24) is 0 Å². The summed E-state index contributed by atoms with van der Waals surface area (Å²) in [5, 5.41) is 9.79. The highest BCUT2D eigenvalue weighted by atomic mass is 31.2. The van der Waals surface area contributed by atoms with Crippen molar-refractivity contribution < 1.29 is 52.2 Å². The van der Waals surface area contributed by atoms with Crippen LogP contribution in [0.25, 0.3) is 0 Å². The molecule has 0 rings (SSSR count). The van der Waals surface area contributed by atoms with Gasteiger partial charge in [0, 0.05) is 19.3 Å². The first-order chi connectivity index (χ1) is 34.2. The summed E-state index contributed by atoms with van der Waals surface area (Å²) in [4.78, 5) is 48.4. The van der Waals surface area contributed by atoms with Gasteiger partial charge in [-0.3, -0.25) is 23.4 Å². The van der Waals surface area contributed by atoms with Gasteiger partial charge in [-0.05, 0) is 109 Å². The van der Waals surface area contributed by atoms with Crippen molar-refractivity contribution in [3.63, 3.8) is 0 Å². The lowest BCUT2D eigenvalue weighted by Gasteiger charge is -2.21. The zero-order valence-corrected chi connectivity index (χ0v) is 45.1. The molecule has 0 radical (unpaired) electrons. The fraction of sp³-hybridized carbons (Fsp3) is 0.707. The predicted octanol–water partition coefficient (Wildman–Crippen LogP) is 15.9. The van der Waals surface area contributed by atoms with E-state index < -0.39 is 57.8 Å². The number of allylic oxidation sites excluding steroid dienone is 14. The fourth-order valence-electron chi connectivity index (χ4n) is 7.14. The first kappa shape index (κ1) is 66.7. The third kappa shape index (κ3) is 49.6. The van der Waals surface area contributed by atoms with Gasteiger partial charge >= 0.3 is 25.7 Å². The minimum Gasteiger partial charge on any atom is -0.462 e. The number of unbranched alkanes of at least 4 members (excludes halogenated alkanes) is 19. The maximum atomic E-state index is 12.9. The Morgan fingerprint density at radius 1 is 0.414 bits per heavy atom. The molecule has 0 saturated heterocycles. The third-order valence-corrected chi connectivity index (χ3v) is 12.2. The minimum absolute atomic E-state index is 0.146. The summed E-state index contributed by atoms with van der Waals surface area (Å²) in [5.41, 5.74) is 0. The van der Waals surface area contributed by atoms with E-state index in [1.807, 2.05) is 0 Å². The second-order valence-corrected chi connectivity index (χ2v) is 19.4. The van der Waals surface area contributed by atoms with E-state index in [1.54, 1.807) is 0 Å². The largest absolute Gasteiger partial charge is 0.472 e. The zero-order valence-electron chi connectivity index (χ0n) is 44.2. The maximum absolute atomic E-state index is 12.9. The molecular weight excluding hydrogens is 904 g/mol. The molecule has 0 saturated carbocycles. The molecule has 3 unspecified atom stereocenters. The van der Waals surface area contributed by atoms with Gasteiger partial charge in [0.25, 0.3) is 0 Å². The van der Waals surface area contributed by atoms with Crippen molar-refractivity contribution in [2.24, 2.45) is 0 Å². The molecule has 0 spiro atoms. The van der Waals surface area contributed by atoms with Crippen LogP contribution in [-0.2, 0) is 42.2 Å². The van der Waals surface area contributed by atoms with Crippen LogP contribution in [-0.4, -0.2) is 66.5 Å². The van der Waals surface area contributed by atoms with E-state index in [2.05, 4.69) is 106 Å². The smallest absolute Gasteiger partial charge is 0.462 e. The molecule has 0 aromatic heterocycles. The van der Waals surface area contributed by atoms with Gasteiger partial charge in [-0.15, -0.1) is 0 Å². The fourth-order valence-corrected chi connectivity index (χ4v) is 7.93. The highest BCUT2D eigenvalue weighted by Gasteiger charge is 2.28. The Hall–Kier alpha value is -3.34. The second kappa shape index (κ2) is 52.0. The number of hydrogen-bond acceptors (Lipinski definition) is 10. The monoisotopic (exact) mass is 1000 g/mol. The number of rotatable bonds is 50. The molecule has 70 heavy (non-hydrogen) atoms. The lowest BCUT2D eigenvalue weighted by molar-refractivity contribution is -0.161. The van der Waals surface area contributed by atoms with Crippen LogP contribution in [0.3, 0.4) is 0 Å². The molecule has 0 aromatic carbocycles. The quantitative estimate of drug-likeness (QED) is 0.0197. The number of esters is 3. The minimum atomic E-state index is -4.76. The Kier molecular flexibility index (Phi) is 49.5. The molecule has 2 N–H and O–H groups in total. The number of phosphoric acid groups is 1. The van der Waals surface area contributed by atoms with Crippen molar-refractivity contribution in [2.75, 3.05) is 26.4 Å². The lowest BCUT2D eigenvalue weighted by atomic mass is 10.1. The Labute approximate surface area is 426 Å². The average molecular weight is 1000 g/mol. The second-order valence-electron chi connectivity index (χ2n) is 18.0. The SMILES string of the molecule is CC/C=C\C/C=C\C/C=C\CCCCCCCCCC(=O)OC(COC(=O)CCCCC/C=C\C/C=C\C/C=C\CC)COP(=O)(O)OCC(CO)OC(=O)CCCCCCC/C=C\CCCCCC. The van der Waals surface area contributed by atoms with Gasteiger partial charge in [0.05, 0.1) is 19.8 Å². The van der Waals surface area contributed by atoms with Crippen LogP contribution in [0.15, 0.2) is 85.1 Å². The Balaban J connectivity index is 4.79. The predicted molar refractivity (Wildman–Crippen MR) is 288 cm³/mol. The summed E-state index contributed by atoms with van der Waals surface area (Å²) in [6.45, 7) is 4.34. The highest BCUT2D eigenvalue weighted by molar-refractivity contribution is 7.47. The standard InChI is InChI=1S/C58H99O11P/c1-4-7-10-13-16-19-22-25-26-27-28-31-34-37-40-43-46-49-58(62)69-55(51-65-56(60)47-44-41-38-35-32-29-23-20-17-14-11-8-5-2)53-67-70(63,64)66-52-54(50-59)68-57(61)48-45-42-39-36-33-30-24-21-18-15-12-9-6-3/h7-8,10-11,16-17,19-21,24-26,29,32,54-55,59H,4-6,9,12-15,18,22-23,27-28,30-31,33-53H2,1-3H3,(H,63,64)/b10-7-,11-8-,19-16-,20-17-,24-21-,26-25-,32-29-. The van der Waals surface area contributed by atoms with Crippen LogP contribution in [0.4, 0.5) is 0 Å².